The Labute approximate surface area is 234 Å². The van der Waals surface area contributed by atoms with Crippen LogP contribution < -0.4 is 14.8 Å². The lowest BCUT2D eigenvalue weighted by Gasteiger charge is -2.32. The van der Waals surface area contributed by atoms with Crippen molar-refractivity contribution in [3.05, 3.63) is 89.4 Å². The molecule has 1 aliphatic heterocycles. The molecule has 2 heterocycles. The van der Waals surface area contributed by atoms with Gasteiger partial charge in [0.15, 0.2) is 5.01 Å². The van der Waals surface area contributed by atoms with E-state index in [0.29, 0.717) is 17.5 Å². The van der Waals surface area contributed by atoms with Gasteiger partial charge >= 0.3 is 0 Å². The second kappa shape index (κ2) is 12.9. The van der Waals surface area contributed by atoms with Gasteiger partial charge in [-0.2, -0.15) is 0 Å². The highest BCUT2D eigenvalue weighted by molar-refractivity contribution is 7.17. The number of carbonyl (C=O) groups excluding carboxylic acids is 1. The Bertz CT molecular complexity index is 1280. The number of ether oxygens (including phenoxy) is 2. The predicted octanol–water partition coefficient (Wildman–Crippen LogP) is 6.53. The molecule has 1 aromatic heterocycles. The molecule has 1 saturated heterocycles. The Balaban J connectivity index is 1.21. The Hall–Kier alpha value is -3.68. The summed E-state index contributed by atoms with van der Waals surface area (Å²) >= 11 is 1.42. The largest absolute Gasteiger partial charge is 0.497 e. The van der Waals surface area contributed by atoms with Crippen LogP contribution in [0.25, 0.3) is 21.7 Å². The summed E-state index contributed by atoms with van der Waals surface area (Å²) in [6.45, 7) is 3.89. The maximum atomic E-state index is 13.2. The number of hydrogen-bond donors (Lipinski definition) is 1. The van der Waals surface area contributed by atoms with Crippen molar-refractivity contribution < 1.29 is 14.3 Å². The molecule has 0 spiro atoms. The fourth-order valence-corrected chi connectivity index (χ4v) is 6.05. The zero-order chi connectivity index (χ0) is 27.0. The van der Waals surface area contributed by atoms with Crippen molar-refractivity contribution in [3.63, 3.8) is 0 Å². The summed E-state index contributed by atoms with van der Waals surface area (Å²) in [7, 11) is 3.30. The second-order valence-electron chi connectivity index (χ2n) is 9.90. The van der Waals surface area contributed by atoms with Crippen molar-refractivity contribution in [1.82, 2.24) is 15.2 Å². The number of carbonyl (C=O) groups is 1. The zero-order valence-electron chi connectivity index (χ0n) is 22.6. The fraction of sp³-hybridized carbons (Fsp3) is 0.312. The third kappa shape index (κ3) is 6.85. The molecular weight excluding hydrogens is 506 g/mol. The molecule has 7 heteroatoms. The molecule has 39 heavy (non-hydrogen) atoms. The van der Waals surface area contributed by atoms with Crippen molar-refractivity contribution in [1.29, 1.82) is 0 Å². The summed E-state index contributed by atoms with van der Waals surface area (Å²) in [4.78, 5) is 21.4. The molecule has 4 aromatic rings. The predicted molar refractivity (Wildman–Crippen MR) is 157 cm³/mol. The van der Waals surface area contributed by atoms with Crippen molar-refractivity contribution >= 4 is 17.2 Å². The maximum Gasteiger partial charge on any atom is 0.280 e. The van der Waals surface area contributed by atoms with Crippen molar-refractivity contribution in [2.75, 3.05) is 33.9 Å². The minimum absolute atomic E-state index is 0.115. The normalized spacial score (nSPS) is 14.2. The highest BCUT2D eigenvalue weighted by Gasteiger charge is 2.22. The first kappa shape index (κ1) is 26.9. The molecule has 0 bridgehead atoms. The molecule has 3 aromatic carbocycles. The minimum atomic E-state index is -0.115. The molecule has 6 nitrogen and oxygen atoms in total. The average molecular weight is 542 g/mol. The molecule has 1 aliphatic rings. The van der Waals surface area contributed by atoms with Crippen LogP contribution in [0.3, 0.4) is 0 Å². The molecule has 0 aliphatic carbocycles. The van der Waals surface area contributed by atoms with Crippen molar-refractivity contribution in [2.24, 2.45) is 5.92 Å². The summed E-state index contributed by atoms with van der Waals surface area (Å²) in [5, 5.41) is 3.61. The second-order valence-corrected chi connectivity index (χ2v) is 10.9. The summed E-state index contributed by atoms with van der Waals surface area (Å²) in [6, 6.07) is 26.3. The van der Waals surface area contributed by atoms with E-state index in [9.17, 15) is 4.79 Å². The molecule has 0 atom stereocenters. The van der Waals surface area contributed by atoms with Gasteiger partial charge in [0.1, 0.15) is 11.5 Å². The van der Waals surface area contributed by atoms with Crippen molar-refractivity contribution in [3.8, 4) is 33.2 Å². The number of likely N-dealkylation sites (tertiary alicyclic amines) is 1. The monoisotopic (exact) mass is 541 g/mol. The van der Waals surface area contributed by atoms with Crippen LogP contribution in [0.4, 0.5) is 0 Å². The average Bonchev–Trinajstić information content (AvgIpc) is 3.44. The number of aromatic nitrogens is 1. The van der Waals surface area contributed by atoms with E-state index in [1.54, 1.807) is 14.2 Å². The number of rotatable bonds is 10. The lowest BCUT2D eigenvalue weighted by molar-refractivity contribution is 0.0947. The Morgan fingerprint density at radius 3 is 2.13 bits per heavy atom. The van der Waals surface area contributed by atoms with E-state index in [2.05, 4.69) is 40.5 Å². The van der Waals surface area contributed by atoms with Crippen LogP contribution in [-0.2, 0) is 6.54 Å². The highest BCUT2D eigenvalue weighted by Crippen LogP contribution is 2.38. The number of piperidine rings is 1. The minimum Gasteiger partial charge on any atom is -0.497 e. The number of methoxy groups -OCH3 is 2. The van der Waals surface area contributed by atoms with Gasteiger partial charge in [0.2, 0.25) is 0 Å². The van der Waals surface area contributed by atoms with Gasteiger partial charge in [0, 0.05) is 18.7 Å². The summed E-state index contributed by atoms with van der Waals surface area (Å²) < 4.78 is 10.6. The van der Waals surface area contributed by atoms with Crippen LogP contribution in [0, 0.1) is 5.92 Å². The smallest absolute Gasteiger partial charge is 0.280 e. The Kier molecular flexibility index (Phi) is 8.91. The molecule has 1 amide bonds. The maximum absolute atomic E-state index is 13.2. The Morgan fingerprint density at radius 1 is 0.897 bits per heavy atom. The molecule has 0 saturated carbocycles. The summed E-state index contributed by atoms with van der Waals surface area (Å²) in [6.07, 6.45) is 3.33. The van der Waals surface area contributed by atoms with Crippen LogP contribution in [0.15, 0.2) is 78.9 Å². The van der Waals surface area contributed by atoms with Crippen LogP contribution in [0.2, 0.25) is 0 Å². The summed E-state index contributed by atoms with van der Waals surface area (Å²) in [5.74, 6) is 2.09. The Morgan fingerprint density at radius 2 is 1.51 bits per heavy atom. The third-order valence-corrected chi connectivity index (χ3v) is 8.43. The zero-order valence-corrected chi connectivity index (χ0v) is 23.4. The number of benzene rings is 3. The number of nitrogens with zero attached hydrogens (tertiary/aromatic N) is 2. The first-order valence-electron chi connectivity index (χ1n) is 13.5. The molecule has 202 valence electrons. The van der Waals surface area contributed by atoms with Gasteiger partial charge in [-0.15, -0.1) is 11.3 Å². The van der Waals surface area contributed by atoms with Gasteiger partial charge in [-0.25, -0.2) is 4.98 Å². The van der Waals surface area contributed by atoms with E-state index in [1.165, 1.54) is 29.7 Å². The van der Waals surface area contributed by atoms with Crippen LogP contribution >= 0.6 is 11.3 Å². The third-order valence-electron chi connectivity index (χ3n) is 7.33. The van der Waals surface area contributed by atoms with Crippen molar-refractivity contribution in [2.45, 2.75) is 25.8 Å². The van der Waals surface area contributed by atoms with E-state index in [-0.39, 0.29) is 5.91 Å². The van der Waals surface area contributed by atoms with E-state index in [4.69, 9.17) is 14.5 Å². The van der Waals surface area contributed by atoms with Gasteiger partial charge in [0.05, 0.1) is 24.8 Å². The van der Waals surface area contributed by atoms with Gasteiger partial charge in [-0.1, -0.05) is 30.3 Å². The standard InChI is InChI=1S/C32H35N3O3S/c1-37-27-12-8-25(9-13-27)29-30(26-10-14-28(38-2)15-11-26)39-32(34-29)31(36)33-19-16-23-17-20-35(21-18-23)22-24-6-4-3-5-7-24/h3-15,23H,16-22H2,1-2H3,(H,33,36). The van der Waals surface area contributed by atoms with Gasteiger partial charge in [-0.3, -0.25) is 9.69 Å². The van der Waals surface area contributed by atoms with Crippen LogP contribution in [-0.4, -0.2) is 49.6 Å². The van der Waals surface area contributed by atoms with E-state index in [1.807, 2.05) is 48.5 Å². The molecule has 0 unspecified atom stereocenters. The molecule has 5 rings (SSSR count). The van der Waals surface area contributed by atoms with E-state index < -0.39 is 0 Å². The first-order valence-corrected chi connectivity index (χ1v) is 14.3. The van der Waals surface area contributed by atoms with Crippen LogP contribution in [0.5, 0.6) is 11.5 Å². The number of hydrogen-bond acceptors (Lipinski definition) is 6. The number of nitrogens with one attached hydrogen (secondary N) is 1. The highest BCUT2D eigenvalue weighted by atomic mass is 32.1. The van der Waals surface area contributed by atoms with Gasteiger partial charge in [-0.05, 0) is 97.9 Å². The summed E-state index contributed by atoms with van der Waals surface area (Å²) in [5.41, 5.74) is 4.11. The van der Waals surface area contributed by atoms with Gasteiger partial charge in [0.25, 0.3) is 5.91 Å². The lowest BCUT2D eigenvalue weighted by Crippen LogP contribution is -2.34. The SMILES string of the molecule is COc1ccc(-c2nc(C(=O)NCCC3CCN(Cc4ccccc4)CC3)sc2-c2ccc(OC)cc2)cc1. The lowest BCUT2D eigenvalue weighted by atomic mass is 9.93. The fourth-order valence-electron chi connectivity index (χ4n) is 5.04. The molecule has 1 fully saturated rings. The van der Waals surface area contributed by atoms with Crippen LogP contribution in [0.1, 0.15) is 34.6 Å². The quantitative estimate of drug-likeness (QED) is 0.247. The first-order chi connectivity index (χ1) is 19.1. The van der Waals surface area contributed by atoms with E-state index in [0.717, 1.165) is 59.3 Å². The molecule has 0 radical (unpaired) electrons. The van der Waals surface area contributed by atoms with Gasteiger partial charge < -0.3 is 14.8 Å². The van der Waals surface area contributed by atoms with E-state index >= 15 is 0 Å². The molecular formula is C32H35N3O3S. The topological polar surface area (TPSA) is 63.7 Å². The molecule has 1 N–H and O–H groups in total. The number of thiazole rings is 1. The number of amides is 1.